The van der Waals surface area contributed by atoms with Crippen LogP contribution in [0.4, 0.5) is 5.69 Å². The summed E-state index contributed by atoms with van der Waals surface area (Å²) in [7, 11) is 3.13. The molecule has 2 heterocycles. The van der Waals surface area contributed by atoms with E-state index in [0.29, 0.717) is 27.0 Å². The van der Waals surface area contributed by atoms with Crippen LogP contribution in [0.5, 0.6) is 11.5 Å². The maximum atomic E-state index is 12.8. The Morgan fingerprint density at radius 1 is 1.24 bits per heavy atom. The lowest BCUT2D eigenvalue weighted by Crippen LogP contribution is -2.13. The van der Waals surface area contributed by atoms with E-state index in [9.17, 15) is 4.79 Å². The first-order valence-electron chi connectivity index (χ1n) is 7.84. The van der Waals surface area contributed by atoms with Crippen LogP contribution < -0.4 is 14.8 Å². The summed E-state index contributed by atoms with van der Waals surface area (Å²) in [5, 5.41) is 11.3. The Bertz CT molecular complexity index is 930. The van der Waals surface area contributed by atoms with Crippen molar-refractivity contribution in [3.8, 4) is 11.5 Å². The molecule has 0 radical (unpaired) electrons. The molecule has 0 unspecified atom stereocenters. The molecule has 2 aromatic heterocycles. The highest BCUT2D eigenvalue weighted by Gasteiger charge is 2.22. The number of aromatic nitrogens is 3. The predicted octanol–water partition coefficient (Wildman–Crippen LogP) is 3.49. The molecule has 0 aliphatic heterocycles. The van der Waals surface area contributed by atoms with Gasteiger partial charge in [0.1, 0.15) is 22.2 Å². The molecule has 0 aliphatic carbocycles. The molecule has 0 atom stereocenters. The van der Waals surface area contributed by atoms with Gasteiger partial charge in [-0.15, -0.1) is 10.2 Å². The summed E-state index contributed by atoms with van der Waals surface area (Å²) in [6.45, 7) is 6.00. The molecule has 132 valence electrons. The van der Waals surface area contributed by atoms with Crippen LogP contribution in [0.2, 0.25) is 0 Å². The molecule has 1 N–H and O–H groups in total. The number of nitrogens with zero attached hydrogens (tertiary/aromatic N) is 3. The Morgan fingerprint density at radius 3 is 2.64 bits per heavy atom. The quantitative estimate of drug-likeness (QED) is 0.753. The summed E-state index contributed by atoms with van der Waals surface area (Å²) >= 11 is 1.32. The highest BCUT2D eigenvalue weighted by Crippen LogP contribution is 2.31. The zero-order valence-corrected chi connectivity index (χ0v) is 15.6. The second-order valence-corrected chi connectivity index (χ2v) is 6.85. The number of anilines is 1. The monoisotopic (exact) mass is 360 g/mol. The molecule has 0 aliphatic rings. The molecular formula is C17H20N4O3S. The molecule has 0 saturated heterocycles. The summed E-state index contributed by atoms with van der Waals surface area (Å²) in [6, 6.07) is 5.26. The minimum atomic E-state index is -0.214. The number of amides is 1. The van der Waals surface area contributed by atoms with Crippen LogP contribution in [-0.4, -0.2) is 34.7 Å². The van der Waals surface area contributed by atoms with Gasteiger partial charge < -0.3 is 14.8 Å². The number of methoxy groups -OCH3 is 2. The van der Waals surface area contributed by atoms with Crippen molar-refractivity contribution in [2.45, 2.75) is 26.7 Å². The van der Waals surface area contributed by atoms with E-state index in [-0.39, 0.29) is 11.8 Å². The van der Waals surface area contributed by atoms with E-state index < -0.39 is 0 Å². The minimum absolute atomic E-state index is 0.214. The zero-order chi connectivity index (χ0) is 18.1. The highest BCUT2D eigenvalue weighted by atomic mass is 32.1. The van der Waals surface area contributed by atoms with Gasteiger partial charge in [0, 0.05) is 17.7 Å². The fraction of sp³-hybridized carbons (Fsp3) is 0.353. The van der Waals surface area contributed by atoms with E-state index in [2.05, 4.69) is 29.4 Å². The van der Waals surface area contributed by atoms with Crippen LogP contribution in [0.25, 0.3) is 4.96 Å². The average Bonchev–Trinajstić information content (AvgIpc) is 3.15. The molecule has 1 aromatic carbocycles. The number of benzene rings is 1. The van der Waals surface area contributed by atoms with Crippen molar-refractivity contribution < 1.29 is 14.3 Å². The number of ether oxygens (including phenoxy) is 2. The van der Waals surface area contributed by atoms with Crippen molar-refractivity contribution in [3.63, 3.8) is 0 Å². The van der Waals surface area contributed by atoms with Gasteiger partial charge in [-0.3, -0.25) is 9.20 Å². The van der Waals surface area contributed by atoms with Gasteiger partial charge >= 0.3 is 0 Å². The van der Waals surface area contributed by atoms with Gasteiger partial charge in [0.15, 0.2) is 0 Å². The normalized spacial score (nSPS) is 11.1. The minimum Gasteiger partial charge on any atom is -0.497 e. The van der Waals surface area contributed by atoms with Crippen LogP contribution >= 0.6 is 11.3 Å². The molecular weight excluding hydrogens is 340 g/mol. The van der Waals surface area contributed by atoms with Gasteiger partial charge in [0.05, 0.1) is 19.9 Å². The SMILES string of the molecule is COc1ccc(OC)c(NC(=O)c2sc3nnc(C(C)C)n3c2C)c1. The first-order chi connectivity index (χ1) is 12.0. The third kappa shape index (κ3) is 3.05. The lowest BCUT2D eigenvalue weighted by Gasteiger charge is -2.11. The first kappa shape index (κ1) is 17.2. The molecule has 0 bridgehead atoms. The average molecular weight is 360 g/mol. The van der Waals surface area contributed by atoms with Gasteiger partial charge in [-0.1, -0.05) is 25.2 Å². The molecule has 0 saturated carbocycles. The molecule has 3 aromatic rings. The lowest BCUT2D eigenvalue weighted by molar-refractivity contribution is 0.102. The van der Waals surface area contributed by atoms with E-state index in [4.69, 9.17) is 9.47 Å². The van der Waals surface area contributed by atoms with Gasteiger partial charge in [-0.05, 0) is 19.1 Å². The molecule has 7 nitrogen and oxygen atoms in total. The maximum absolute atomic E-state index is 12.8. The standard InChI is InChI=1S/C17H20N4O3S/c1-9(2)15-19-20-17-21(15)10(3)14(25-17)16(22)18-12-8-11(23-4)6-7-13(12)24-5/h6-9H,1-5H3,(H,18,22). The number of carbonyl (C=O) groups excluding carboxylic acids is 1. The largest absolute Gasteiger partial charge is 0.497 e. The van der Waals surface area contributed by atoms with Gasteiger partial charge in [0.2, 0.25) is 4.96 Å². The molecule has 25 heavy (non-hydrogen) atoms. The Balaban J connectivity index is 1.97. The van der Waals surface area contributed by atoms with Gasteiger partial charge in [0.25, 0.3) is 5.91 Å². The molecule has 0 fully saturated rings. The van der Waals surface area contributed by atoms with E-state index >= 15 is 0 Å². The van der Waals surface area contributed by atoms with Crippen LogP contribution in [0.1, 0.15) is 41.0 Å². The van der Waals surface area contributed by atoms with E-state index in [0.717, 1.165) is 11.5 Å². The van der Waals surface area contributed by atoms with Crippen LogP contribution in [0.3, 0.4) is 0 Å². The molecule has 8 heteroatoms. The number of thiazole rings is 1. The highest BCUT2D eigenvalue weighted by molar-refractivity contribution is 7.19. The van der Waals surface area contributed by atoms with E-state index in [1.807, 2.05) is 11.3 Å². The fourth-order valence-corrected chi connectivity index (χ4v) is 3.57. The van der Waals surface area contributed by atoms with Crippen molar-refractivity contribution in [2.24, 2.45) is 0 Å². The van der Waals surface area contributed by atoms with Crippen molar-refractivity contribution in [1.29, 1.82) is 0 Å². The Morgan fingerprint density at radius 2 is 2.00 bits per heavy atom. The number of aryl methyl sites for hydroxylation is 1. The van der Waals surface area contributed by atoms with Crippen LogP contribution in [0.15, 0.2) is 18.2 Å². The number of fused-ring (bicyclic) bond motifs is 1. The third-order valence-corrected chi connectivity index (χ3v) is 5.02. The van der Waals surface area contributed by atoms with E-state index in [1.54, 1.807) is 32.4 Å². The lowest BCUT2D eigenvalue weighted by atomic mass is 10.2. The van der Waals surface area contributed by atoms with Crippen LogP contribution in [-0.2, 0) is 0 Å². The van der Waals surface area contributed by atoms with Gasteiger partial charge in [-0.2, -0.15) is 0 Å². The number of hydrogen-bond acceptors (Lipinski definition) is 6. The van der Waals surface area contributed by atoms with Crippen molar-refractivity contribution >= 4 is 27.9 Å². The third-order valence-electron chi connectivity index (χ3n) is 3.89. The molecule has 1 amide bonds. The fourth-order valence-electron chi connectivity index (χ4n) is 2.60. The first-order valence-corrected chi connectivity index (χ1v) is 8.65. The van der Waals surface area contributed by atoms with Gasteiger partial charge in [-0.25, -0.2) is 0 Å². The summed E-state index contributed by atoms with van der Waals surface area (Å²) in [5.41, 5.74) is 1.38. The Labute approximate surface area is 149 Å². The Kier molecular flexibility index (Phi) is 4.63. The summed E-state index contributed by atoms with van der Waals surface area (Å²) in [4.78, 5) is 14.1. The maximum Gasteiger partial charge on any atom is 0.267 e. The van der Waals surface area contributed by atoms with Crippen molar-refractivity contribution in [1.82, 2.24) is 14.6 Å². The smallest absolute Gasteiger partial charge is 0.267 e. The molecule has 0 spiro atoms. The zero-order valence-electron chi connectivity index (χ0n) is 14.8. The topological polar surface area (TPSA) is 77.8 Å². The summed E-state index contributed by atoms with van der Waals surface area (Å²) in [6.07, 6.45) is 0. The summed E-state index contributed by atoms with van der Waals surface area (Å²) < 4.78 is 12.5. The molecule has 3 rings (SSSR count). The van der Waals surface area contributed by atoms with Crippen LogP contribution in [0, 0.1) is 6.92 Å². The number of nitrogens with one attached hydrogen (secondary N) is 1. The van der Waals surface area contributed by atoms with Crippen molar-refractivity contribution in [2.75, 3.05) is 19.5 Å². The number of rotatable bonds is 5. The second-order valence-electron chi connectivity index (χ2n) is 5.87. The second kappa shape index (κ2) is 6.72. The Hall–Kier alpha value is -2.61. The number of hydrogen-bond donors (Lipinski definition) is 1. The van der Waals surface area contributed by atoms with E-state index in [1.165, 1.54) is 11.3 Å². The summed E-state index contributed by atoms with van der Waals surface area (Å²) in [5.74, 6) is 2.06. The predicted molar refractivity (Wildman–Crippen MR) is 97.2 cm³/mol. The number of carbonyl (C=O) groups is 1. The van der Waals surface area contributed by atoms with Crippen molar-refractivity contribution in [3.05, 3.63) is 34.6 Å².